The van der Waals surface area contributed by atoms with E-state index in [1.807, 2.05) is 23.1 Å². The maximum Gasteiger partial charge on any atom is 0.276 e. The number of amides is 1. The van der Waals surface area contributed by atoms with Crippen molar-refractivity contribution < 1.29 is 9.32 Å². The molecule has 110 valence electrons. The Hall–Kier alpha value is -2.10. The van der Waals surface area contributed by atoms with Crippen LogP contribution in [0.4, 0.5) is 0 Å². The molecule has 2 aromatic rings. The van der Waals surface area contributed by atoms with Crippen molar-refractivity contribution in [2.75, 3.05) is 6.54 Å². The molecule has 0 spiro atoms. The van der Waals surface area contributed by atoms with E-state index in [-0.39, 0.29) is 11.9 Å². The molecule has 1 aromatic carbocycles. The molecule has 3 rings (SSSR count). The Labute approximate surface area is 124 Å². The SMILES string of the molecule is Cc1cc(C(=O)N(CC2CC2)C(C)c2ccccc2)no1. The molecule has 0 saturated heterocycles. The van der Waals surface area contributed by atoms with Crippen LogP contribution < -0.4 is 0 Å². The van der Waals surface area contributed by atoms with Gasteiger partial charge in [0.2, 0.25) is 0 Å². The number of carbonyl (C=O) groups is 1. The Balaban J connectivity index is 1.84. The highest BCUT2D eigenvalue weighted by atomic mass is 16.5. The minimum atomic E-state index is -0.0462. The molecule has 4 nitrogen and oxygen atoms in total. The predicted octanol–water partition coefficient (Wildman–Crippen LogP) is 3.60. The first-order valence-corrected chi connectivity index (χ1v) is 7.44. The van der Waals surface area contributed by atoms with E-state index in [0.29, 0.717) is 17.4 Å². The predicted molar refractivity (Wildman–Crippen MR) is 79.9 cm³/mol. The first-order valence-electron chi connectivity index (χ1n) is 7.44. The minimum absolute atomic E-state index is 0.0382. The van der Waals surface area contributed by atoms with Gasteiger partial charge < -0.3 is 9.42 Å². The second-order valence-electron chi connectivity index (χ2n) is 5.81. The topological polar surface area (TPSA) is 46.3 Å². The van der Waals surface area contributed by atoms with Crippen LogP contribution in [0.5, 0.6) is 0 Å². The zero-order valence-corrected chi connectivity index (χ0v) is 12.5. The molecular weight excluding hydrogens is 264 g/mol. The van der Waals surface area contributed by atoms with E-state index in [1.165, 1.54) is 12.8 Å². The standard InChI is InChI=1S/C17H20N2O2/c1-12-10-16(18-21-12)17(20)19(11-14-8-9-14)13(2)15-6-4-3-5-7-15/h3-7,10,13-14H,8-9,11H2,1-2H3. The van der Waals surface area contributed by atoms with Crippen LogP contribution in [0.1, 0.15) is 47.6 Å². The molecule has 1 saturated carbocycles. The van der Waals surface area contributed by atoms with E-state index in [0.717, 1.165) is 12.1 Å². The Bertz CT molecular complexity index is 617. The molecule has 1 amide bonds. The monoisotopic (exact) mass is 284 g/mol. The zero-order valence-electron chi connectivity index (χ0n) is 12.5. The minimum Gasteiger partial charge on any atom is -0.361 e. The van der Waals surface area contributed by atoms with Gasteiger partial charge in [-0.3, -0.25) is 4.79 Å². The van der Waals surface area contributed by atoms with Crippen molar-refractivity contribution in [3.8, 4) is 0 Å². The number of aromatic nitrogens is 1. The average molecular weight is 284 g/mol. The molecular formula is C17H20N2O2. The highest BCUT2D eigenvalue weighted by Crippen LogP contribution is 2.33. The van der Waals surface area contributed by atoms with Gasteiger partial charge in [0.05, 0.1) is 6.04 Å². The summed E-state index contributed by atoms with van der Waals surface area (Å²) >= 11 is 0. The van der Waals surface area contributed by atoms with E-state index in [1.54, 1.807) is 13.0 Å². The fraction of sp³-hybridized carbons (Fsp3) is 0.412. The maximum atomic E-state index is 12.7. The molecule has 1 aliphatic carbocycles. The van der Waals surface area contributed by atoms with Crippen molar-refractivity contribution in [3.63, 3.8) is 0 Å². The van der Waals surface area contributed by atoms with Crippen molar-refractivity contribution in [2.45, 2.75) is 32.7 Å². The normalized spacial score (nSPS) is 15.7. The van der Waals surface area contributed by atoms with Crippen LogP contribution in [0.25, 0.3) is 0 Å². The number of aryl methyl sites for hydroxylation is 1. The lowest BCUT2D eigenvalue weighted by atomic mass is 10.1. The van der Waals surface area contributed by atoms with Crippen LogP contribution in [0.2, 0.25) is 0 Å². The molecule has 0 aliphatic heterocycles. The molecule has 21 heavy (non-hydrogen) atoms. The summed E-state index contributed by atoms with van der Waals surface area (Å²) in [5.74, 6) is 1.25. The number of rotatable bonds is 5. The van der Waals surface area contributed by atoms with Crippen LogP contribution in [-0.4, -0.2) is 22.5 Å². The van der Waals surface area contributed by atoms with Crippen molar-refractivity contribution >= 4 is 5.91 Å². The summed E-state index contributed by atoms with van der Waals surface area (Å²) in [6.07, 6.45) is 2.42. The number of hydrogen-bond acceptors (Lipinski definition) is 3. The third kappa shape index (κ3) is 3.15. The summed E-state index contributed by atoms with van der Waals surface area (Å²) in [6.45, 7) is 4.67. The van der Waals surface area contributed by atoms with Crippen molar-refractivity contribution in [3.05, 3.63) is 53.4 Å². The summed E-state index contributed by atoms with van der Waals surface area (Å²) in [5, 5.41) is 3.87. The van der Waals surface area contributed by atoms with E-state index in [9.17, 15) is 4.79 Å². The third-order valence-electron chi connectivity index (χ3n) is 4.01. The molecule has 1 atom stereocenters. The Morgan fingerprint density at radius 2 is 2.10 bits per heavy atom. The van der Waals surface area contributed by atoms with E-state index in [2.05, 4.69) is 24.2 Å². The summed E-state index contributed by atoms with van der Waals surface area (Å²) < 4.78 is 5.04. The van der Waals surface area contributed by atoms with Crippen LogP contribution in [0, 0.1) is 12.8 Å². The van der Waals surface area contributed by atoms with Gasteiger partial charge in [0.25, 0.3) is 5.91 Å². The van der Waals surface area contributed by atoms with Gasteiger partial charge >= 0.3 is 0 Å². The number of hydrogen-bond donors (Lipinski definition) is 0. The Morgan fingerprint density at radius 3 is 2.67 bits per heavy atom. The summed E-state index contributed by atoms with van der Waals surface area (Å²) in [7, 11) is 0. The quantitative estimate of drug-likeness (QED) is 0.842. The van der Waals surface area contributed by atoms with E-state index in [4.69, 9.17) is 4.52 Å². The average Bonchev–Trinajstić information content (AvgIpc) is 3.23. The zero-order chi connectivity index (χ0) is 14.8. The first kappa shape index (κ1) is 13.9. The van der Waals surface area contributed by atoms with E-state index >= 15 is 0 Å². The summed E-state index contributed by atoms with van der Waals surface area (Å²) in [4.78, 5) is 14.7. The molecule has 0 N–H and O–H groups in total. The second kappa shape index (κ2) is 5.72. The van der Waals surface area contributed by atoms with Gasteiger partial charge in [-0.2, -0.15) is 0 Å². The molecule has 1 heterocycles. The van der Waals surface area contributed by atoms with Gasteiger partial charge in [0.1, 0.15) is 5.76 Å². The van der Waals surface area contributed by atoms with Crippen molar-refractivity contribution in [1.29, 1.82) is 0 Å². The summed E-state index contributed by atoms with van der Waals surface area (Å²) in [5.41, 5.74) is 1.54. The van der Waals surface area contributed by atoms with Crippen LogP contribution in [0.3, 0.4) is 0 Å². The Kier molecular flexibility index (Phi) is 3.78. The lowest BCUT2D eigenvalue weighted by Gasteiger charge is -2.29. The Morgan fingerprint density at radius 1 is 1.38 bits per heavy atom. The molecule has 1 aromatic heterocycles. The van der Waals surface area contributed by atoms with Gasteiger partial charge in [0, 0.05) is 12.6 Å². The van der Waals surface area contributed by atoms with Gasteiger partial charge in [-0.05, 0) is 38.2 Å². The lowest BCUT2D eigenvalue weighted by Crippen LogP contribution is -2.35. The smallest absolute Gasteiger partial charge is 0.276 e. The van der Waals surface area contributed by atoms with Crippen LogP contribution in [-0.2, 0) is 0 Å². The maximum absolute atomic E-state index is 12.7. The fourth-order valence-corrected chi connectivity index (χ4v) is 2.52. The lowest BCUT2D eigenvalue weighted by molar-refractivity contribution is 0.0669. The number of nitrogens with zero attached hydrogens (tertiary/aromatic N) is 2. The third-order valence-corrected chi connectivity index (χ3v) is 4.01. The molecule has 0 bridgehead atoms. The number of benzene rings is 1. The molecule has 4 heteroatoms. The molecule has 0 radical (unpaired) electrons. The van der Waals surface area contributed by atoms with Gasteiger partial charge in [0.15, 0.2) is 5.69 Å². The van der Waals surface area contributed by atoms with Crippen LogP contribution >= 0.6 is 0 Å². The van der Waals surface area contributed by atoms with Crippen molar-refractivity contribution in [1.82, 2.24) is 10.1 Å². The van der Waals surface area contributed by atoms with Crippen molar-refractivity contribution in [2.24, 2.45) is 5.92 Å². The summed E-state index contributed by atoms with van der Waals surface area (Å²) in [6, 6.07) is 11.9. The fourth-order valence-electron chi connectivity index (χ4n) is 2.52. The van der Waals surface area contributed by atoms with Crippen LogP contribution in [0.15, 0.2) is 40.9 Å². The molecule has 1 unspecified atom stereocenters. The second-order valence-corrected chi connectivity index (χ2v) is 5.81. The van der Waals surface area contributed by atoms with Gasteiger partial charge in [-0.15, -0.1) is 0 Å². The van der Waals surface area contributed by atoms with Gasteiger partial charge in [-0.1, -0.05) is 35.5 Å². The highest BCUT2D eigenvalue weighted by Gasteiger charge is 2.31. The molecule has 1 fully saturated rings. The molecule has 1 aliphatic rings. The first-order chi connectivity index (χ1) is 10.1. The van der Waals surface area contributed by atoms with E-state index < -0.39 is 0 Å². The largest absolute Gasteiger partial charge is 0.361 e. The highest BCUT2D eigenvalue weighted by molar-refractivity contribution is 5.92. The van der Waals surface area contributed by atoms with Gasteiger partial charge in [-0.25, -0.2) is 0 Å². The number of carbonyl (C=O) groups excluding carboxylic acids is 1.